The van der Waals surface area contributed by atoms with Gasteiger partial charge in [0.15, 0.2) is 5.79 Å². The third-order valence-electron chi connectivity index (χ3n) is 1.96. The van der Waals surface area contributed by atoms with Gasteiger partial charge in [-0.25, -0.2) is 0 Å². The summed E-state index contributed by atoms with van der Waals surface area (Å²) in [4.78, 5) is 21.3. The minimum atomic E-state index is -0.829. The first-order chi connectivity index (χ1) is 7.43. The van der Waals surface area contributed by atoms with E-state index < -0.39 is 17.8 Å². The lowest BCUT2D eigenvalue weighted by atomic mass is 10.1. The molecule has 0 spiro atoms. The van der Waals surface area contributed by atoms with Crippen molar-refractivity contribution in [1.82, 2.24) is 0 Å². The van der Waals surface area contributed by atoms with Crippen LogP contribution in [0.25, 0.3) is 0 Å². The van der Waals surface area contributed by atoms with Crippen molar-refractivity contribution in [2.45, 2.75) is 58.5 Å². The van der Waals surface area contributed by atoms with Gasteiger partial charge in [0, 0.05) is 6.42 Å². The van der Waals surface area contributed by atoms with Crippen LogP contribution in [0.15, 0.2) is 0 Å². The Labute approximate surface area is 96.3 Å². The lowest BCUT2D eigenvalue weighted by molar-refractivity contribution is -0.290. The second-order valence-electron chi connectivity index (χ2n) is 3.84. The Bertz CT molecular complexity index is 240. The zero-order valence-corrected chi connectivity index (χ0v) is 10.4. The zero-order chi connectivity index (χ0) is 12.8. The van der Waals surface area contributed by atoms with Crippen molar-refractivity contribution in [2.24, 2.45) is 5.73 Å². The van der Waals surface area contributed by atoms with Gasteiger partial charge < -0.3 is 20.0 Å². The second-order valence-corrected chi connectivity index (χ2v) is 3.84. The van der Waals surface area contributed by atoms with Crippen molar-refractivity contribution in [1.29, 1.82) is 0 Å². The van der Waals surface area contributed by atoms with Crippen molar-refractivity contribution >= 4 is 12.2 Å². The largest absolute Gasteiger partial charge is 0.370 e. The number of aldehydes is 1. The molecule has 1 aliphatic rings. The number of rotatable bonds is 3. The minimum Gasteiger partial charge on any atom is -0.370 e. The number of hydrogen-bond donors (Lipinski definition) is 1. The first-order valence-electron chi connectivity index (χ1n) is 5.52. The molecule has 0 aliphatic carbocycles. The Balaban J connectivity index is 0.00000106. The van der Waals surface area contributed by atoms with Crippen LogP contribution in [-0.2, 0) is 19.1 Å². The Morgan fingerprint density at radius 2 is 2.00 bits per heavy atom. The van der Waals surface area contributed by atoms with E-state index in [9.17, 15) is 9.59 Å². The molecule has 0 radical (unpaired) electrons. The van der Waals surface area contributed by atoms with Crippen LogP contribution in [0.4, 0.5) is 0 Å². The summed E-state index contributed by atoms with van der Waals surface area (Å²) in [5.41, 5.74) is 5.05. The van der Waals surface area contributed by atoms with E-state index in [2.05, 4.69) is 0 Å². The quantitative estimate of drug-likeness (QED) is 0.735. The number of nitrogens with two attached hydrogens (primary N) is 1. The lowest BCUT2D eigenvalue weighted by Gasteiger charge is -2.38. The van der Waals surface area contributed by atoms with Crippen LogP contribution in [0.3, 0.4) is 0 Å². The van der Waals surface area contributed by atoms with Crippen molar-refractivity contribution in [3.8, 4) is 0 Å². The fourth-order valence-electron chi connectivity index (χ4n) is 1.58. The van der Waals surface area contributed by atoms with Crippen LogP contribution in [0.1, 0.15) is 40.5 Å². The molecule has 1 aliphatic heterocycles. The third kappa shape index (κ3) is 5.23. The average molecular weight is 231 g/mol. The normalized spacial score (nSPS) is 27.5. The molecule has 1 amide bonds. The fraction of sp³-hybridized carbons (Fsp3) is 0.818. The molecule has 1 saturated heterocycles. The molecule has 94 valence electrons. The van der Waals surface area contributed by atoms with Crippen molar-refractivity contribution < 1.29 is 19.1 Å². The molecule has 5 heteroatoms. The van der Waals surface area contributed by atoms with E-state index in [0.29, 0.717) is 6.42 Å². The maximum Gasteiger partial charge on any atom is 0.220 e. The van der Waals surface area contributed by atoms with Gasteiger partial charge in [-0.15, -0.1) is 0 Å². The summed E-state index contributed by atoms with van der Waals surface area (Å²) < 4.78 is 10.7. The predicted molar refractivity (Wildman–Crippen MR) is 59.7 cm³/mol. The number of carbonyl (C=O) groups excluding carboxylic acids is 2. The molecule has 16 heavy (non-hydrogen) atoms. The molecule has 1 heterocycles. The number of amides is 1. The van der Waals surface area contributed by atoms with Crippen LogP contribution >= 0.6 is 0 Å². The third-order valence-corrected chi connectivity index (χ3v) is 1.96. The molecule has 2 atom stereocenters. The maximum atomic E-state index is 10.7. The van der Waals surface area contributed by atoms with E-state index in [1.165, 1.54) is 0 Å². The molecule has 0 aromatic carbocycles. The van der Waals surface area contributed by atoms with Gasteiger partial charge >= 0.3 is 0 Å². The molecule has 0 saturated carbocycles. The van der Waals surface area contributed by atoms with Crippen molar-refractivity contribution in [2.75, 3.05) is 0 Å². The van der Waals surface area contributed by atoms with Gasteiger partial charge in [0.2, 0.25) is 5.91 Å². The zero-order valence-electron chi connectivity index (χ0n) is 10.4. The Kier molecular flexibility index (Phi) is 6.21. The summed E-state index contributed by atoms with van der Waals surface area (Å²) in [6.45, 7) is 7.41. The highest BCUT2D eigenvalue weighted by Gasteiger charge is 2.35. The lowest BCUT2D eigenvalue weighted by Crippen LogP contribution is -2.46. The number of ether oxygens (including phenoxy) is 2. The molecule has 2 N–H and O–H groups in total. The first kappa shape index (κ1) is 15.1. The first-order valence-corrected chi connectivity index (χ1v) is 5.52. The van der Waals surface area contributed by atoms with Gasteiger partial charge in [-0.2, -0.15) is 0 Å². The summed E-state index contributed by atoms with van der Waals surface area (Å²) in [5.74, 6) is -1.26. The van der Waals surface area contributed by atoms with Crippen molar-refractivity contribution in [3.05, 3.63) is 0 Å². The average Bonchev–Trinajstić information content (AvgIpc) is 2.17. The Morgan fingerprint density at radius 1 is 1.44 bits per heavy atom. The van der Waals surface area contributed by atoms with Crippen molar-refractivity contribution in [3.63, 3.8) is 0 Å². The van der Waals surface area contributed by atoms with Gasteiger partial charge in [0.05, 0.1) is 12.5 Å². The Hall–Kier alpha value is -0.940. The van der Waals surface area contributed by atoms with Gasteiger partial charge in [-0.05, 0) is 13.8 Å². The fourth-order valence-corrected chi connectivity index (χ4v) is 1.58. The van der Waals surface area contributed by atoms with Crippen LogP contribution in [-0.4, -0.2) is 30.2 Å². The van der Waals surface area contributed by atoms with Crippen LogP contribution < -0.4 is 5.73 Å². The molecule has 0 unspecified atom stereocenters. The minimum absolute atomic E-state index is 0.122. The molecular weight excluding hydrogens is 210 g/mol. The Morgan fingerprint density at radius 3 is 2.44 bits per heavy atom. The molecule has 0 aromatic rings. The predicted octanol–water partition coefficient (Wildman–Crippen LogP) is 0.997. The van der Waals surface area contributed by atoms with E-state index in [1.807, 2.05) is 13.8 Å². The maximum absolute atomic E-state index is 10.7. The van der Waals surface area contributed by atoms with E-state index in [1.54, 1.807) is 13.8 Å². The van der Waals surface area contributed by atoms with Gasteiger partial charge in [-0.3, -0.25) is 4.79 Å². The highest BCUT2D eigenvalue weighted by Crippen LogP contribution is 2.27. The summed E-state index contributed by atoms with van der Waals surface area (Å²) >= 11 is 0. The summed E-state index contributed by atoms with van der Waals surface area (Å²) in [6.07, 6.45) is 0.389. The highest BCUT2D eigenvalue weighted by molar-refractivity contribution is 5.74. The summed E-state index contributed by atoms with van der Waals surface area (Å²) in [7, 11) is 0. The molecular formula is C11H21NO4. The van der Waals surface area contributed by atoms with Crippen LogP contribution in [0, 0.1) is 0 Å². The molecule has 0 bridgehead atoms. The standard InChI is InChI=1S/C9H15NO4.C2H6/c1-9(2)13-6(4-8(10)12)3-7(5-11)14-9;1-2/h5-7H,3-4H2,1-2H3,(H2,10,12);1-2H3/t6-,7+;/m1./s1. The molecule has 1 rings (SSSR count). The number of hydrogen-bond acceptors (Lipinski definition) is 4. The second kappa shape index (κ2) is 6.60. The molecule has 0 aromatic heterocycles. The molecule has 5 nitrogen and oxygen atoms in total. The van der Waals surface area contributed by atoms with E-state index in [4.69, 9.17) is 15.2 Å². The van der Waals surface area contributed by atoms with Gasteiger partial charge in [0.1, 0.15) is 12.4 Å². The number of primary amides is 1. The number of carbonyl (C=O) groups is 2. The topological polar surface area (TPSA) is 78.6 Å². The van der Waals surface area contributed by atoms with Crippen LogP contribution in [0.2, 0.25) is 0 Å². The van der Waals surface area contributed by atoms with E-state index >= 15 is 0 Å². The smallest absolute Gasteiger partial charge is 0.220 e. The SMILES string of the molecule is CC.CC1(C)O[C@@H](CC(N)=O)C[C@@H](C=O)O1. The summed E-state index contributed by atoms with van der Waals surface area (Å²) in [6, 6.07) is 0. The molecule has 1 fully saturated rings. The van der Waals surface area contributed by atoms with Gasteiger partial charge in [-0.1, -0.05) is 13.8 Å². The van der Waals surface area contributed by atoms with Gasteiger partial charge in [0.25, 0.3) is 0 Å². The van der Waals surface area contributed by atoms with E-state index in [-0.39, 0.29) is 12.5 Å². The van der Waals surface area contributed by atoms with E-state index in [0.717, 1.165) is 6.29 Å². The van der Waals surface area contributed by atoms with Crippen LogP contribution in [0.5, 0.6) is 0 Å². The monoisotopic (exact) mass is 231 g/mol. The highest BCUT2D eigenvalue weighted by atomic mass is 16.7. The summed E-state index contributed by atoms with van der Waals surface area (Å²) in [5, 5.41) is 0.